The van der Waals surface area contributed by atoms with Crippen LogP contribution in [-0.2, 0) is 0 Å². The van der Waals surface area contributed by atoms with Crippen LogP contribution >= 0.6 is 0 Å². The van der Waals surface area contributed by atoms with Gasteiger partial charge in [-0.3, -0.25) is 0 Å². The van der Waals surface area contributed by atoms with E-state index in [0.717, 1.165) is 12.8 Å². The summed E-state index contributed by atoms with van der Waals surface area (Å²) >= 11 is 0. The Morgan fingerprint density at radius 2 is 1.89 bits per heavy atom. The number of hydrogen-bond donors (Lipinski definition) is 1. The zero-order valence-corrected chi connectivity index (χ0v) is 10.9. The highest BCUT2D eigenvalue weighted by Crippen LogP contribution is 2.39. The fourth-order valence-corrected chi connectivity index (χ4v) is 1.55. The molecule has 0 spiro atoms. The first-order chi connectivity index (χ1) is 8.65. The van der Waals surface area contributed by atoms with E-state index in [1.54, 1.807) is 6.07 Å². The van der Waals surface area contributed by atoms with Gasteiger partial charge >= 0.3 is 5.97 Å². The average molecular weight is 254 g/mol. The number of carboxylic acids is 1. The molecule has 0 atom stereocenters. The molecule has 18 heavy (non-hydrogen) atoms. The van der Waals surface area contributed by atoms with Gasteiger partial charge in [-0.15, -0.1) is 0 Å². The van der Waals surface area contributed by atoms with Crippen LogP contribution in [-0.4, -0.2) is 31.9 Å². The molecule has 0 fully saturated rings. The van der Waals surface area contributed by atoms with E-state index < -0.39 is 5.97 Å². The van der Waals surface area contributed by atoms with Crippen LogP contribution in [0.5, 0.6) is 17.2 Å². The maximum Gasteiger partial charge on any atom is 0.339 e. The van der Waals surface area contributed by atoms with Crippen molar-refractivity contribution in [1.82, 2.24) is 0 Å². The Balaban J connectivity index is 3.09. The molecule has 5 heteroatoms. The second kappa shape index (κ2) is 6.74. The monoisotopic (exact) mass is 254 g/mol. The van der Waals surface area contributed by atoms with Crippen LogP contribution in [0.15, 0.2) is 12.1 Å². The van der Waals surface area contributed by atoms with E-state index in [2.05, 4.69) is 6.92 Å². The van der Waals surface area contributed by atoms with Gasteiger partial charge in [-0.25, -0.2) is 4.79 Å². The summed E-state index contributed by atoms with van der Waals surface area (Å²) in [5, 5.41) is 9.05. The van der Waals surface area contributed by atoms with Crippen LogP contribution in [0, 0.1) is 0 Å². The number of ether oxygens (including phenoxy) is 3. The lowest BCUT2D eigenvalue weighted by atomic mass is 10.1. The third kappa shape index (κ3) is 3.06. The maximum absolute atomic E-state index is 11.0. The molecular formula is C13H18O5. The minimum absolute atomic E-state index is 0.0530. The molecule has 1 rings (SSSR count). The van der Waals surface area contributed by atoms with Gasteiger partial charge in [-0.2, -0.15) is 0 Å². The van der Waals surface area contributed by atoms with Crippen LogP contribution < -0.4 is 14.2 Å². The molecule has 0 bridgehead atoms. The largest absolute Gasteiger partial charge is 0.492 e. The van der Waals surface area contributed by atoms with E-state index >= 15 is 0 Å². The van der Waals surface area contributed by atoms with Crippen molar-refractivity contribution in [2.45, 2.75) is 19.8 Å². The van der Waals surface area contributed by atoms with Crippen molar-refractivity contribution in [3.8, 4) is 17.2 Å². The van der Waals surface area contributed by atoms with Crippen molar-refractivity contribution in [3.63, 3.8) is 0 Å². The summed E-state index contributed by atoms with van der Waals surface area (Å²) in [6, 6.07) is 3.03. The van der Waals surface area contributed by atoms with Gasteiger partial charge in [0.05, 0.1) is 20.8 Å². The van der Waals surface area contributed by atoms with E-state index in [4.69, 9.17) is 19.3 Å². The highest BCUT2D eigenvalue weighted by molar-refractivity contribution is 5.92. The van der Waals surface area contributed by atoms with Crippen molar-refractivity contribution < 1.29 is 24.1 Å². The number of carbonyl (C=O) groups is 1. The fourth-order valence-electron chi connectivity index (χ4n) is 1.55. The predicted molar refractivity (Wildman–Crippen MR) is 66.9 cm³/mol. The minimum atomic E-state index is -1.06. The second-order valence-corrected chi connectivity index (χ2v) is 3.68. The van der Waals surface area contributed by atoms with Crippen molar-refractivity contribution in [3.05, 3.63) is 17.7 Å². The molecule has 0 aliphatic carbocycles. The molecule has 0 aliphatic rings. The second-order valence-electron chi connectivity index (χ2n) is 3.68. The fraction of sp³-hybridized carbons (Fsp3) is 0.462. The van der Waals surface area contributed by atoms with Crippen LogP contribution in [0.2, 0.25) is 0 Å². The summed E-state index contributed by atoms with van der Waals surface area (Å²) in [5.41, 5.74) is 0.0530. The minimum Gasteiger partial charge on any atom is -0.492 e. The lowest BCUT2D eigenvalue weighted by Crippen LogP contribution is -2.05. The SMILES string of the molecule is CCCCOc1ccc(C(=O)O)c(OC)c1OC. The van der Waals surface area contributed by atoms with E-state index in [-0.39, 0.29) is 11.3 Å². The van der Waals surface area contributed by atoms with Crippen molar-refractivity contribution >= 4 is 5.97 Å². The van der Waals surface area contributed by atoms with Crippen molar-refractivity contribution in [2.24, 2.45) is 0 Å². The van der Waals surface area contributed by atoms with Gasteiger partial charge in [0.2, 0.25) is 5.75 Å². The molecule has 0 amide bonds. The number of methoxy groups -OCH3 is 2. The molecule has 0 heterocycles. The molecule has 0 unspecified atom stereocenters. The molecule has 100 valence electrons. The molecule has 0 aromatic heterocycles. The summed E-state index contributed by atoms with van der Waals surface area (Å²) in [4.78, 5) is 11.0. The quantitative estimate of drug-likeness (QED) is 0.757. The van der Waals surface area contributed by atoms with Gasteiger partial charge in [-0.1, -0.05) is 13.3 Å². The summed E-state index contributed by atoms with van der Waals surface area (Å²) in [5.74, 6) is -0.0782. The topological polar surface area (TPSA) is 65.0 Å². The number of unbranched alkanes of at least 4 members (excludes halogenated alkanes) is 1. The maximum atomic E-state index is 11.0. The Kier molecular flexibility index (Phi) is 5.30. The first kappa shape index (κ1) is 14.2. The summed E-state index contributed by atoms with van der Waals surface area (Å²) < 4.78 is 15.8. The van der Waals surface area contributed by atoms with Gasteiger partial charge < -0.3 is 19.3 Å². The lowest BCUT2D eigenvalue weighted by molar-refractivity contribution is 0.0692. The van der Waals surface area contributed by atoms with Crippen molar-refractivity contribution in [2.75, 3.05) is 20.8 Å². The van der Waals surface area contributed by atoms with Gasteiger partial charge in [0.15, 0.2) is 11.5 Å². The third-order valence-corrected chi connectivity index (χ3v) is 2.47. The van der Waals surface area contributed by atoms with Gasteiger partial charge in [-0.05, 0) is 18.6 Å². The molecule has 5 nitrogen and oxygen atoms in total. The Labute approximate surface area is 106 Å². The van der Waals surface area contributed by atoms with E-state index in [1.165, 1.54) is 20.3 Å². The Morgan fingerprint density at radius 3 is 2.39 bits per heavy atom. The number of hydrogen-bond acceptors (Lipinski definition) is 4. The highest BCUT2D eigenvalue weighted by atomic mass is 16.5. The smallest absolute Gasteiger partial charge is 0.339 e. The van der Waals surface area contributed by atoms with E-state index in [9.17, 15) is 4.79 Å². The van der Waals surface area contributed by atoms with Crippen LogP contribution in [0.3, 0.4) is 0 Å². The van der Waals surface area contributed by atoms with E-state index in [1.807, 2.05) is 0 Å². The van der Waals surface area contributed by atoms with Gasteiger partial charge in [0.25, 0.3) is 0 Å². The molecule has 0 radical (unpaired) electrons. The number of carboxylic acid groups (broad SMARTS) is 1. The summed E-state index contributed by atoms with van der Waals surface area (Å²) in [7, 11) is 2.86. The Hall–Kier alpha value is -1.91. The molecule has 0 saturated heterocycles. The number of benzene rings is 1. The van der Waals surface area contributed by atoms with Crippen LogP contribution in [0.25, 0.3) is 0 Å². The first-order valence-electron chi connectivity index (χ1n) is 5.76. The van der Waals surface area contributed by atoms with Crippen LogP contribution in [0.1, 0.15) is 30.1 Å². The van der Waals surface area contributed by atoms with Crippen molar-refractivity contribution in [1.29, 1.82) is 0 Å². The molecule has 1 aromatic rings. The Bertz CT molecular complexity index is 414. The Morgan fingerprint density at radius 1 is 1.22 bits per heavy atom. The van der Waals surface area contributed by atoms with Crippen LogP contribution in [0.4, 0.5) is 0 Å². The zero-order valence-electron chi connectivity index (χ0n) is 10.9. The molecule has 0 aliphatic heterocycles. The molecular weight excluding hydrogens is 236 g/mol. The number of aromatic carboxylic acids is 1. The zero-order chi connectivity index (χ0) is 13.5. The predicted octanol–water partition coefficient (Wildman–Crippen LogP) is 2.58. The standard InChI is InChI=1S/C13H18O5/c1-4-5-8-18-10-7-6-9(13(14)15)11(16-2)12(10)17-3/h6-7H,4-5,8H2,1-3H3,(H,14,15). The summed E-state index contributed by atoms with van der Waals surface area (Å²) in [6.07, 6.45) is 1.94. The third-order valence-electron chi connectivity index (χ3n) is 2.47. The molecule has 0 saturated carbocycles. The lowest BCUT2D eigenvalue weighted by Gasteiger charge is -2.15. The average Bonchev–Trinajstić information content (AvgIpc) is 2.37. The first-order valence-corrected chi connectivity index (χ1v) is 5.76. The van der Waals surface area contributed by atoms with Gasteiger partial charge in [0, 0.05) is 0 Å². The normalized spacial score (nSPS) is 9.94. The highest BCUT2D eigenvalue weighted by Gasteiger charge is 2.20. The van der Waals surface area contributed by atoms with Gasteiger partial charge in [0.1, 0.15) is 5.56 Å². The number of rotatable bonds is 7. The molecule has 1 N–H and O–H groups in total. The van der Waals surface area contributed by atoms with E-state index in [0.29, 0.717) is 18.1 Å². The summed E-state index contributed by atoms with van der Waals surface area (Å²) in [6.45, 7) is 2.62. The molecule has 1 aromatic carbocycles.